The van der Waals surface area contributed by atoms with Crippen molar-refractivity contribution >= 4 is 11.9 Å². The first-order chi connectivity index (χ1) is 28.2. The van der Waals surface area contributed by atoms with Gasteiger partial charge in [0.05, 0.1) is 36.6 Å². The molecule has 3 saturated heterocycles. The number of unbranched alkanes of at least 4 members (excludes halogenated alkanes) is 1. The maximum absolute atomic E-state index is 15.2. The van der Waals surface area contributed by atoms with Crippen LogP contribution in [0.2, 0.25) is 0 Å². The highest BCUT2D eigenvalue weighted by Crippen LogP contribution is 2.42. The van der Waals surface area contributed by atoms with E-state index in [1.54, 1.807) is 24.3 Å². The Hall–Kier alpha value is -3.52. The molecule has 0 aromatic rings. The molecule has 6 heterocycles. The molecule has 0 aliphatic carbocycles. The van der Waals surface area contributed by atoms with Crippen LogP contribution in [0, 0.1) is 17.8 Å². The van der Waals surface area contributed by atoms with E-state index >= 15 is 8.78 Å². The summed E-state index contributed by atoms with van der Waals surface area (Å²) in [5.74, 6) is -5.28. The Labute approximate surface area is 348 Å². The molecule has 6 aliphatic rings. The van der Waals surface area contributed by atoms with Crippen LogP contribution >= 0.6 is 0 Å². The Morgan fingerprint density at radius 2 is 1.59 bits per heavy atom. The Kier molecular flexibility index (Phi) is 17.6. The number of hydrogen-bond acceptors (Lipinski definition) is 9. The van der Waals surface area contributed by atoms with Gasteiger partial charge >= 0.3 is 11.9 Å². The quantitative estimate of drug-likeness (QED) is 0.131. The largest absolute Gasteiger partial charge is 0.481 e. The number of carbonyl (C=O) groups is 2. The number of carbonyl (C=O) groups excluding carboxylic acids is 1. The summed E-state index contributed by atoms with van der Waals surface area (Å²) in [7, 11) is 0. The van der Waals surface area contributed by atoms with Crippen molar-refractivity contribution in [3.63, 3.8) is 0 Å². The Morgan fingerprint density at radius 3 is 2.39 bits per heavy atom. The Balaban J connectivity index is 1.30. The van der Waals surface area contributed by atoms with E-state index in [0.717, 1.165) is 24.8 Å². The highest BCUT2D eigenvalue weighted by molar-refractivity contribution is 5.82. The summed E-state index contributed by atoms with van der Waals surface area (Å²) in [5.41, 5.74) is 0.917. The molecule has 12 heteroatoms. The number of esters is 1. The van der Waals surface area contributed by atoms with E-state index in [-0.39, 0.29) is 55.2 Å². The average molecular weight is 827 g/mol. The van der Waals surface area contributed by atoms with Crippen LogP contribution in [0.15, 0.2) is 96.7 Å². The van der Waals surface area contributed by atoms with Gasteiger partial charge in [-0.25, -0.2) is 13.6 Å². The third-order valence-electron chi connectivity index (χ3n) is 12.0. The Morgan fingerprint density at radius 1 is 0.831 bits per heavy atom. The molecule has 0 spiro atoms. The predicted molar refractivity (Wildman–Crippen MR) is 221 cm³/mol. The van der Waals surface area contributed by atoms with Crippen LogP contribution in [-0.2, 0) is 33.3 Å². The van der Waals surface area contributed by atoms with Crippen molar-refractivity contribution in [3.8, 4) is 0 Å². The fourth-order valence-electron chi connectivity index (χ4n) is 8.37. The van der Waals surface area contributed by atoms with E-state index < -0.39 is 66.8 Å². The minimum absolute atomic E-state index is 0.0329. The number of allylic oxidation sites excluding steroid dienone is 7. The lowest BCUT2D eigenvalue weighted by Crippen LogP contribution is -2.53. The molecule has 10 nitrogen and oxygen atoms in total. The van der Waals surface area contributed by atoms with Crippen molar-refractivity contribution in [1.82, 2.24) is 0 Å². The van der Waals surface area contributed by atoms with Crippen LogP contribution in [0.4, 0.5) is 8.78 Å². The van der Waals surface area contributed by atoms with Crippen LogP contribution in [0.3, 0.4) is 0 Å². The minimum Gasteiger partial charge on any atom is -0.481 e. The number of alkyl halides is 2. The molecule has 0 unspecified atom stereocenters. The second-order valence-corrected chi connectivity index (χ2v) is 16.7. The maximum Gasteiger partial charge on any atom is 0.331 e. The summed E-state index contributed by atoms with van der Waals surface area (Å²) in [6.45, 7) is 7.54. The lowest BCUT2D eigenvalue weighted by molar-refractivity contribution is -0.228. The second kappa shape index (κ2) is 22.4. The number of carboxylic acids is 1. The highest BCUT2D eigenvalue weighted by atomic mass is 19.3. The molecular weight excluding hydrogens is 763 g/mol. The van der Waals surface area contributed by atoms with Crippen molar-refractivity contribution in [1.29, 1.82) is 0 Å². The summed E-state index contributed by atoms with van der Waals surface area (Å²) in [6, 6.07) is 0. The second-order valence-electron chi connectivity index (χ2n) is 16.7. The maximum atomic E-state index is 15.2. The van der Waals surface area contributed by atoms with Gasteiger partial charge in [-0.1, -0.05) is 106 Å². The number of aliphatic hydroxyl groups is 2. The van der Waals surface area contributed by atoms with Gasteiger partial charge < -0.3 is 39.0 Å². The van der Waals surface area contributed by atoms with Crippen LogP contribution < -0.4 is 0 Å². The highest BCUT2D eigenvalue weighted by Gasteiger charge is 2.51. The fraction of sp³-hybridized carbons (Fsp3) is 0.617. The molecule has 7 bridgehead atoms. The zero-order valence-electron chi connectivity index (χ0n) is 34.8. The molecule has 14 atom stereocenters. The van der Waals surface area contributed by atoms with Gasteiger partial charge in [-0.2, -0.15) is 0 Å². The zero-order valence-corrected chi connectivity index (χ0v) is 34.8. The molecule has 0 radical (unpaired) electrons. The van der Waals surface area contributed by atoms with E-state index in [4.69, 9.17) is 28.8 Å². The lowest BCUT2D eigenvalue weighted by Gasteiger charge is -2.42. The van der Waals surface area contributed by atoms with Crippen molar-refractivity contribution in [3.05, 3.63) is 96.7 Å². The number of aliphatic hydroxyl groups excluding tert-OH is 2. The number of ether oxygens (including phenoxy) is 5. The number of aliphatic carboxylic acids is 1. The molecule has 59 heavy (non-hydrogen) atoms. The third-order valence-corrected chi connectivity index (χ3v) is 12.0. The van der Waals surface area contributed by atoms with Crippen LogP contribution in [0.5, 0.6) is 0 Å². The van der Waals surface area contributed by atoms with Crippen molar-refractivity contribution in [2.45, 2.75) is 165 Å². The van der Waals surface area contributed by atoms with E-state index in [9.17, 15) is 19.8 Å². The van der Waals surface area contributed by atoms with E-state index in [1.807, 2.05) is 62.5 Å². The molecule has 0 saturated carbocycles. The number of rotatable bonds is 7. The molecular formula is C47H64F2O10. The Bertz CT molecular complexity index is 1630. The van der Waals surface area contributed by atoms with Crippen molar-refractivity contribution < 1.29 is 57.4 Å². The normalized spacial score (nSPS) is 38.7. The van der Waals surface area contributed by atoms with Gasteiger partial charge in [0.15, 0.2) is 6.10 Å². The van der Waals surface area contributed by atoms with E-state index in [0.29, 0.717) is 25.7 Å². The first-order valence-electron chi connectivity index (χ1n) is 21.4. The van der Waals surface area contributed by atoms with E-state index in [1.165, 1.54) is 19.1 Å². The predicted octanol–water partition coefficient (Wildman–Crippen LogP) is 8.07. The van der Waals surface area contributed by atoms with Gasteiger partial charge in [0.25, 0.3) is 5.92 Å². The van der Waals surface area contributed by atoms with Gasteiger partial charge in [-0.15, -0.1) is 0 Å². The first-order valence-corrected chi connectivity index (χ1v) is 21.4. The van der Waals surface area contributed by atoms with Crippen molar-refractivity contribution in [2.24, 2.45) is 17.8 Å². The molecule has 0 aromatic carbocycles. The smallest absolute Gasteiger partial charge is 0.331 e. The molecule has 6 rings (SSSR count). The molecule has 6 aliphatic heterocycles. The number of halogens is 2. The number of fused-ring (bicyclic) bond motifs is 13. The zero-order chi connectivity index (χ0) is 42.5. The summed E-state index contributed by atoms with van der Waals surface area (Å²) in [5, 5.41) is 30.7. The lowest BCUT2D eigenvalue weighted by atomic mass is 9.85. The molecule has 0 amide bonds. The van der Waals surface area contributed by atoms with Crippen LogP contribution in [0.25, 0.3) is 0 Å². The summed E-state index contributed by atoms with van der Waals surface area (Å²) < 4.78 is 61.6. The van der Waals surface area contributed by atoms with Crippen LogP contribution in [0.1, 0.15) is 91.9 Å². The average Bonchev–Trinajstić information content (AvgIpc) is 3.54. The topological polar surface area (TPSA) is 141 Å². The first kappa shape index (κ1) is 46.5. The van der Waals surface area contributed by atoms with E-state index in [2.05, 4.69) is 13.0 Å². The number of hydrogen-bond donors (Lipinski definition) is 3. The summed E-state index contributed by atoms with van der Waals surface area (Å²) in [6.07, 6.45) is 24.1. The van der Waals surface area contributed by atoms with Gasteiger partial charge in [-0.05, 0) is 63.0 Å². The molecule has 3 N–H and O–H groups in total. The monoisotopic (exact) mass is 826 g/mol. The molecule has 326 valence electrons. The van der Waals surface area contributed by atoms with Gasteiger partial charge in [0.1, 0.15) is 24.4 Å². The summed E-state index contributed by atoms with van der Waals surface area (Å²) >= 11 is 0. The fourth-order valence-corrected chi connectivity index (χ4v) is 8.37. The van der Waals surface area contributed by atoms with Crippen LogP contribution in [-0.4, -0.2) is 100 Å². The minimum atomic E-state index is -3.08. The molecule has 3 fully saturated rings. The number of carboxylic acid groups (broad SMARTS) is 1. The van der Waals surface area contributed by atoms with Gasteiger partial charge in [0, 0.05) is 37.2 Å². The summed E-state index contributed by atoms with van der Waals surface area (Å²) in [4.78, 5) is 23.9. The molecule has 0 aromatic heterocycles. The standard InChI is InChI=1S/C47H64F2O10/c1-30(17-14-15-23-43(51)52)27-31(2)46-39-26-25-34(55-46)18-10-6-5-7-11-19-35(50)45(54)42-29-47(48,49)33(4)37(57-42)22-16-21-36-32(3)40-28-41(56-36)38(58-40)20-12-8-9-13-24-44(53)59-39/h6,8-13,16,19-21,24-27,30,32-42,45-46,50,54H,5,7,14-15,17-18,22-23,28-29H2,1-4H3,(H,51,52)/b9-8+,10-6+,19-11?,20-12?,21-16?,24-13?,31-27+/t30-,32+,33-,34-,35-,36-,37+,38+,39-,40-,41+,42-,45+,46+/m0/s1. The third kappa shape index (κ3) is 13.7. The van der Waals surface area contributed by atoms with Gasteiger partial charge in [0.2, 0.25) is 0 Å². The SMILES string of the molecule is C/C(=C\[C@@H](C)CCCCC(=O)O)[C@H]1O[C@@H]2C=C[C@@H]1OC(=O)C=C/C=C/C=C[C@H]1O[C@H]3C[C@H]1O[C@@H](C=CC[C@H]1O[C@@H](CC(F)(F)[C@H]1C)[C@H](O)[C@@H](O)C=CCC/C=C/C2)[C@H]3C. The van der Waals surface area contributed by atoms with Crippen molar-refractivity contribution in [2.75, 3.05) is 0 Å². The van der Waals surface area contributed by atoms with Gasteiger partial charge in [-0.3, -0.25) is 4.79 Å².